The lowest BCUT2D eigenvalue weighted by Gasteiger charge is -2.57. The summed E-state index contributed by atoms with van der Waals surface area (Å²) in [6, 6.07) is 8.36. The van der Waals surface area contributed by atoms with Gasteiger partial charge in [-0.25, -0.2) is 4.79 Å². The zero-order valence-corrected chi connectivity index (χ0v) is 17.7. The Kier molecular flexibility index (Phi) is 5.09. The molecule has 5 fully saturated rings. The lowest BCUT2D eigenvalue weighted by molar-refractivity contribution is -0.0502. The Bertz CT molecular complexity index is 706. The van der Waals surface area contributed by atoms with E-state index < -0.39 is 0 Å². The molecule has 0 atom stereocenters. The van der Waals surface area contributed by atoms with Crippen LogP contribution in [0.15, 0.2) is 24.3 Å². The minimum Gasteiger partial charge on any atom is -0.492 e. The van der Waals surface area contributed by atoms with Crippen LogP contribution in [-0.4, -0.2) is 50.3 Å². The zero-order chi connectivity index (χ0) is 19.8. The fourth-order valence-electron chi connectivity index (χ4n) is 7.03. The summed E-state index contributed by atoms with van der Waals surface area (Å²) in [5.74, 6) is 3.75. The van der Waals surface area contributed by atoms with Gasteiger partial charge in [0.1, 0.15) is 5.75 Å². The summed E-state index contributed by atoms with van der Waals surface area (Å²) in [6.07, 6.45) is 8.42. The van der Waals surface area contributed by atoms with Gasteiger partial charge in [-0.05, 0) is 80.8 Å². The number of nitrogens with zero attached hydrogens (tertiary/aromatic N) is 2. The monoisotopic (exact) mass is 397 g/mol. The van der Waals surface area contributed by atoms with Gasteiger partial charge in [0.15, 0.2) is 0 Å². The summed E-state index contributed by atoms with van der Waals surface area (Å²) in [7, 11) is 0. The average Bonchev–Trinajstić information content (AvgIpc) is 2.72. The van der Waals surface area contributed by atoms with Crippen molar-refractivity contribution in [1.82, 2.24) is 10.2 Å². The third-order valence-corrected chi connectivity index (χ3v) is 7.85. The first kappa shape index (κ1) is 19.1. The van der Waals surface area contributed by atoms with E-state index >= 15 is 0 Å². The molecule has 4 bridgehead atoms. The second kappa shape index (κ2) is 7.73. The van der Waals surface area contributed by atoms with Gasteiger partial charge in [0, 0.05) is 32.7 Å². The molecule has 1 saturated heterocycles. The number of hydrogen-bond donors (Lipinski definition) is 1. The number of amides is 2. The molecule has 1 aliphatic heterocycles. The summed E-state index contributed by atoms with van der Waals surface area (Å²) >= 11 is 0. The molecule has 4 saturated carbocycles. The van der Waals surface area contributed by atoms with Gasteiger partial charge in [-0.2, -0.15) is 0 Å². The Morgan fingerprint density at radius 3 is 2.28 bits per heavy atom. The Morgan fingerprint density at radius 1 is 1.03 bits per heavy atom. The SMILES string of the molecule is CCOc1ccccc1N1CCN(C(=O)NCC23CC4CC(CC(C4)C2)C3)CC1. The molecule has 5 nitrogen and oxygen atoms in total. The Morgan fingerprint density at radius 2 is 1.66 bits per heavy atom. The van der Waals surface area contributed by atoms with Crippen molar-refractivity contribution in [2.45, 2.75) is 45.4 Å². The predicted molar refractivity (Wildman–Crippen MR) is 115 cm³/mol. The van der Waals surface area contributed by atoms with Crippen LogP contribution in [0.25, 0.3) is 0 Å². The second-order valence-electron chi connectivity index (χ2n) is 9.95. The van der Waals surface area contributed by atoms with Crippen LogP contribution in [0.2, 0.25) is 0 Å². The molecule has 1 aromatic rings. The van der Waals surface area contributed by atoms with Gasteiger partial charge in [0.2, 0.25) is 0 Å². The summed E-state index contributed by atoms with van der Waals surface area (Å²) in [5, 5.41) is 3.34. The third-order valence-electron chi connectivity index (χ3n) is 7.85. The van der Waals surface area contributed by atoms with Crippen LogP contribution < -0.4 is 15.0 Å². The van der Waals surface area contributed by atoms with Gasteiger partial charge in [0.05, 0.1) is 12.3 Å². The van der Waals surface area contributed by atoms with Crippen LogP contribution in [0.1, 0.15) is 45.4 Å². The summed E-state index contributed by atoms with van der Waals surface area (Å²) < 4.78 is 5.79. The summed E-state index contributed by atoms with van der Waals surface area (Å²) in [4.78, 5) is 17.2. The second-order valence-corrected chi connectivity index (χ2v) is 9.95. The van der Waals surface area contributed by atoms with Crippen LogP contribution in [0.4, 0.5) is 10.5 Å². The minimum absolute atomic E-state index is 0.137. The lowest BCUT2D eigenvalue weighted by atomic mass is 9.49. The number of para-hydroxylation sites is 2. The molecule has 0 unspecified atom stereocenters. The van der Waals surface area contributed by atoms with E-state index in [1.807, 2.05) is 24.0 Å². The lowest BCUT2D eigenvalue weighted by Crippen LogP contribution is -2.55. The van der Waals surface area contributed by atoms with Gasteiger partial charge in [-0.15, -0.1) is 0 Å². The molecular weight excluding hydrogens is 362 g/mol. The average molecular weight is 398 g/mol. The normalized spacial score (nSPS) is 33.1. The number of piperazine rings is 1. The molecule has 0 aromatic heterocycles. The van der Waals surface area contributed by atoms with E-state index in [0.717, 1.165) is 61.9 Å². The van der Waals surface area contributed by atoms with E-state index in [2.05, 4.69) is 22.3 Å². The van der Waals surface area contributed by atoms with Crippen LogP contribution in [0, 0.1) is 23.2 Å². The minimum atomic E-state index is 0.137. The molecule has 0 spiro atoms. The van der Waals surface area contributed by atoms with Crippen LogP contribution in [0.3, 0.4) is 0 Å². The quantitative estimate of drug-likeness (QED) is 0.812. The van der Waals surface area contributed by atoms with E-state index in [1.165, 1.54) is 38.5 Å². The summed E-state index contributed by atoms with van der Waals surface area (Å²) in [5.41, 5.74) is 1.55. The molecule has 158 valence electrons. The summed E-state index contributed by atoms with van der Waals surface area (Å²) in [6.45, 7) is 6.83. The topological polar surface area (TPSA) is 44.8 Å². The molecule has 5 heteroatoms. The zero-order valence-electron chi connectivity index (χ0n) is 17.7. The number of carbonyl (C=O) groups excluding carboxylic acids is 1. The van der Waals surface area contributed by atoms with E-state index in [4.69, 9.17) is 4.74 Å². The number of carbonyl (C=O) groups is 1. The van der Waals surface area contributed by atoms with Crippen LogP contribution >= 0.6 is 0 Å². The van der Waals surface area contributed by atoms with Crippen LogP contribution in [-0.2, 0) is 0 Å². The molecule has 5 aliphatic rings. The number of hydrogen-bond acceptors (Lipinski definition) is 3. The van der Waals surface area contributed by atoms with E-state index in [1.54, 1.807) is 0 Å². The Balaban J connectivity index is 1.14. The fraction of sp³-hybridized carbons (Fsp3) is 0.708. The van der Waals surface area contributed by atoms with Gasteiger partial charge in [-0.1, -0.05) is 12.1 Å². The smallest absolute Gasteiger partial charge is 0.317 e. The van der Waals surface area contributed by atoms with Gasteiger partial charge < -0.3 is 19.9 Å². The molecule has 1 N–H and O–H groups in total. The van der Waals surface area contributed by atoms with E-state index in [-0.39, 0.29) is 6.03 Å². The van der Waals surface area contributed by atoms with Gasteiger partial charge in [-0.3, -0.25) is 0 Å². The van der Waals surface area contributed by atoms with Crippen molar-refractivity contribution < 1.29 is 9.53 Å². The first-order chi connectivity index (χ1) is 14.1. The largest absolute Gasteiger partial charge is 0.492 e. The van der Waals surface area contributed by atoms with E-state index in [9.17, 15) is 4.79 Å². The fourth-order valence-corrected chi connectivity index (χ4v) is 7.03. The number of benzene rings is 1. The highest BCUT2D eigenvalue weighted by atomic mass is 16.5. The molecule has 1 aromatic carbocycles. The molecule has 29 heavy (non-hydrogen) atoms. The molecular formula is C24H35N3O2. The highest BCUT2D eigenvalue weighted by molar-refractivity contribution is 5.74. The van der Waals surface area contributed by atoms with Crippen molar-refractivity contribution in [1.29, 1.82) is 0 Å². The maximum absolute atomic E-state index is 12.9. The number of rotatable bonds is 5. The molecule has 1 heterocycles. The number of urea groups is 1. The van der Waals surface area contributed by atoms with Gasteiger partial charge >= 0.3 is 6.03 Å². The van der Waals surface area contributed by atoms with Crippen molar-refractivity contribution in [2.24, 2.45) is 23.2 Å². The Hall–Kier alpha value is -1.91. The maximum atomic E-state index is 12.9. The van der Waals surface area contributed by atoms with Crippen molar-refractivity contribution in [2.75, 3.05) is 44.2 Å². The molecule has 4 aliphatic carbocycles. The standard InChI is InChI=1S/C24H35N3O2/c1-2-29-22-6-4-3-5-21(22)26-7-9-27(10-8-26)23(28)25-17-24-14-18-11-19(15-24)13-20(12-18)16-24/h3-6,18-20H,2,7-17H2,1H3,(H,25,28). The first-order valence-corrected chi connectivity index (χ1v) is 11.6. The molecule has 0 radical (unpaired) electrons. The van der Waals surface area contributed by atoms with Crippen molar-refractivity contribution in [3.05, 3.63) is 24.3 Å². The van der Waals surface area contributed by atoms with Crippen molar-refractivity contribution in [3.8, 4) is 5.75 Å². The predicted octanol–water partition coefficient (Wildman–Crippen LogP) is 4.13. The van der Waals surface area contributed by atoms with E-state index in [0.29, 0.717) is 12.0 Å². The first-order valence-electron chi connectivity index (χ1n) is 11.6. The third kappa shape index (κ3) is 3.80. The van der Waals surface area contributed by atoms with Crippen molar-refractivity contribution >= 4 is 11.7 Å². The van der Waals surface area contributed by atoms with Crippen molar-refractivity contribution in [3.63, 3.8) is 0 Å². The molecule has 6 rings (SSSR count). The van der Waals surface area contributed by atoms with Gasteiger partial charge in [0.25, 0.3) is 0 Å². The maximum Gasteiger partial charge on any atom is 0.317 e. The highest BCUT2D eigenvalue weighted by Crippen LogP contribution is 2.59. The number of anilines is 1. The Labute approximate surface area is 174 Å². The molecule has 2 amide bonds. The highest BCUT2D eigenvalue weighted by Gasteiger charge is 2.50. The number of nitrogens with one attached hydrogen (secondary N) is 1. The number of ether oxygens (including phenoxy) is 1. The van der Waals surface area contributed by atoms with Crippen LogP contribution in [0.5, 0.6) is 5.75 Å².